The molecule has 0 atom stereocenters. The van der Waals surface area contributed by atoms with Gasteiger partial charge in [-0.2, -0.15) is 0 Å². The molecule has 0 heterocycles. The van der Waals surface area contributed by atoms with E-state index >= 15 is 0 Å². The number of hydrogen-bond donors (Lipinski definition) is 2. The molecule has 0 radical (unpaired) electrons. The van der Waals surface area contributed by atoms with Gasteiger partial charge < -0.3 is 20.1 Å². The Hall–Kier alpha value is -2.58. The minimum Gasteiger partial charge on any atom is -0.493 e. The molecule has 24 heavy (non-hydrogen) atoms. The van der Waals surface area contributed by atoms with Gasteiger partial charge in [0, 0.05) is 23.5 Å². The third kappa shape index (κ3) is 4.24. The van der Waals surface area contributed by atoms with E-state index in [1.807, 2.05) is 0 Å². The van der Waals surface area contributed by atoms with Gasteiger partial charge in [-0.15, -0.1) is 0 Å². The van der Waals surface area contributed by atoms with E-state index in [-0.39, 0.29) is 15.8 Å². The van der Waals surface area contributed by atoms with Gasteiger partial charge in [-0.1, -0.05) is 11.6 Å². The minimum atomic E-state index is -0.557. The fraction of sp³-hybridized carbons (Fsp3) is 0.133. The predicted octanol–water partition coefficient (Wildman–Crippen LogP) is 4.07. The Morgan fingerprint density at radius 1 is 1.08 bits per heavy atom. The number of ether oxygens (including phenoxy) is 2. The van der Waals surface area contributed by atoms with E-state index < -0.39 is 4.92 Å². The van der Waals surface area contributed by atoms with Crippen molar-refractivity contribution in [2.75, 3.05) is 24.9 Å². The highest BCUT2D eigenvalue weighted by atomic mass is 35.5. The molecule has 0 aromatic heterocycles. The van der Waals surface area contributed by atoms with Crippen molar-refractivity contribution < 1.29 is 14.4 Å². The van der Waals surface area contributed by atoms with Crippen LogP contribution in [-0.4, -0.2) is 24.3 Å². The summed E-state index contributed by atoms with van der Waals surface area (Å²) in [6.45, 7) is 0. The predicted molar refractivity (Wildman–Crippen MR) is 97.5 cm³/mol. The number of nitro groups is 1. The Balaban J connectivity index is 2.11. The Kier molecular flexibility index (Phi) is 5.78. The van der Waals surface area contributed by atoms with Crippen molar-refractivity contribution in [1.82, 2.24) is 0 Å². The molecule has 7 nitrogen and oxygen atoms in total. The van der Waals surface area contributed by atoms with Crippen molar-refractivity contribution in [1.29, 1.82) is 0 Å². The van der Waals surface area contributed by atoms with Gasteiger partial charge in [-0.05, 0) is 36.5 Å². The summed E-state index contributed by atoms with van der Waals surface area (Å²) in [5, 5.41) is 17.0. The number of nitrogens with zero attached hydrogens (tertiary/aromatic N) is 1. The highest BCUT2D eigenvalue weighted by Gasteiger charge is 2.13. The van der Waals surface area contributed by atoms with Crippen LogP contribution in [0.15, 0.2) is 36.4 Å². The highest BCUT2D eigenvalue weighted by molar-refractivity contribution is 7.80. The molecule has 9 heteroatoms. The van der Waals surface area contributed by atoms with Gasteiger partial charge in [0.1, 0.15) is 5.02 Å². The van der Waals surface area contributed by atoms with Crippen LogP contribution in [0.25, 0.3) is 0 Å². The Bertz CT molecular complexity index is 785. The van der Waals surface area contributed by atoms with E-state index in [0.717, 1.165) is 0 Å². The largest absolute Gasteiger partial charge is 0.493 e. The van der Waals surface area contributed by atoms with E-state index in [2.05, 4.69) is 10.6 Å². The first-order chi connectivity index (χ1) is 11.4. The van der Waals surface area contributed by atoms with Crippen molar-refractivity contribution in [2.24, 2.45) is 0 Å². The average molecular weight is 368 g/mol. The molecule has 0 aliphatic heterocycles. The maximum absolute atomic E-state index is 10.9. The first-order valence-electron chi connectivity index (χ1n) is 6.68. The second-order valence-electron chi connectivity index (χ2n) is 4.57. The lowest BCUT2D eigenvalue weighted by atomic mass is 10.2. The van der Waals surface area contributed by atoms with Crippen LogP contribution in [0, 0.1) is 10.1 Å². The summed E-state index contributed by atoms with van der Waals surface area (Å²) < 4.78 is 10.4. The number of thiocarbonyl (C=S) groups is 1. The Morgan fingerprint density at radius 3 is 2.25 bits per heavy atom. The van der Waals surface area contributed by atoms with Crippen LogP contribution in [0.1, 0.15) is 0 Å². The van der Waals surface area contributed by atoms with Crippen molar-refractivity contribution in [3.8, 4) is 11.5 Å². The average Bonchev–Trinajstić information content (AvgIpc) is 2.56. The van der Waals surface area contributed by atoms with Crippen molar-refractivity contribution in [2.45, 2.75) is 0 Å². The van der Waals surface area contributed by atoms with Crippen LogP contribution in [-0.2, 0) is 0 Å². The summed E-state index contributed by atoms with van der Waals surface area (Å²) in [6.07, 6.45) is 0. The number of anilines is 2. The molecule has 0 fully saturated rings. The molecule has 0 aliphatic carbocycles. The van der Waals surface area contributed by atoms with Crippen molar-refractivity contribution in [3.05, 3.63) is 51.5 Å². The maximum Gasteiger partial charge on any atom is 0.289 e. The third-order valence-electron chi connectivity index (χ3n) is 3.04. The van der Waals surface area contributed by atoms with Gasteiger partial charge in [0.25, 0.3) is 5.69 Å². The van der Waals surface area contributed by atoms with Crippen LogP contribution in [0.4, 0.5) is 17.1 Å². The molecular weight excluding hydrogens is 354 g/mol. The van der Waals surface area contributed by atoms with Crippen molar-refractivity contribution >= 4 is 46.0 Å². The lowest BCUT2D eigenvalue weighted by Crippen LogP contribution is -2.19. The van der Waals surface area contributed by atoms with Crippen LogP contribution >= 0.6 is 23.8 Å². The fourth-order valence-corrected chi connectivity index (χ4v) is 2.36. The molecule has 0 amide bonds. The van der Waals surface area contributed by atoms with Gasteiger partial charge >= 0.3 is 0 Å². The summed E-state index contributed by atoms with van der Waals surface area (Å²) in [5.41, 5.74) is 0.924. The molecule has 0 spiro atoms. The highest BCUT2D eigenvalue weighted by Crippen LogP contribution is 2.30. The van der Waals surface area contributed by atoms with Gasteiger partial charge in [-0.3, -0.25) is 10.1 Å². The summed E-state index contributed by atoms with van der Waals surface area (Å²) in [7, 11) is 3.08. The Labute approximate surface area is 148 Å². The molecule has 0 saturated carbocycles. The molecule has 0 aliphatic rings. The lowest BCUT2D eigenvalue weighted by molar-refractivity contribution is -0.384. The summed E-state index contributed by atoms with van der Waals surface area (Å²) >= 11 is 11.0. The van der Waals surface area contributed by atoms with E-state index in [4.69, 9.17) is 33.3 Å². The van der Waals surface area contributed by atoms with Crippen LogP contribution in [0.2, 0.25) is 5.02 Å². The number of nitro benzene ring substituents is 1. The molecule has 2 N–H and O–H groups in total. The van der Waals surface area contributed by atoms with E-state index in [0.29, 0.717) is 22.9 Å². The van der Waals surface area contributed by atoms with Gasteiger partial charge in [0.05, 0.1) is 19.1 Å². The summed E-state index contributed by atoms with van der Waals surface area (Å²) in [4.78, 5) is 10.3. The lowest BCUT2D eigenvalue weighted by Gasteiger charge is -2.13. The zero-order valence-electron chi connectivity index (χ0n) is 12.8. The first-order valence-corrected chi connectivity index (χ1v) is 7.47. The van der Waals surface area contributed by atoms with Crippen LogP contribution in [0.5, 0.6) is 11.5 Å². The standard InChI is InChI=1S/C15H14ClN3O4S/c1-22-13-6-4-10(8-14(13)23-2)18-15(24)17-9-3-5-11(16)12(7-9)19(20)21/h3-8H,1-2H3,(H2,17,18,24). The zero-order valence-corrected chi connectivity index (χ0v) is 14.4. The Morgan fingerprint density at radius 2 is 1.67 bits per heavy atom. The normalized spacial score (nSPS) is 9.96. The number of nitrogens with one attached hydrogen (secondary N) is 2. The molecule has 2 aromatic carbocycles. The SMILES string of the molecule is COc1ccc(NC(=S)Nc2ccc(Cl)c([N+](=O)[O-])c2)cc1OC. The summed E-state index contributed by atoms with van der Waals surface area (Å²) in [5.74, 6) is 1.14. The molecule has 2 rings (SSSR count). The first kappa shape index (κ1) is 17.8. The van der Waals surface area contributed by atoms with E-state index in [1.54, 1.807) is 31.4 Å². The fourth-order valence-electron chi connectivity index (χ4n) is 1.94. The quantitative estimate of drug-likeness (QED) is 0.468. The van der Waals surface area contributed by atoms with Gasteiger partial charge in [0.15, 0.2) is 16.6 Å². The van der Waals surface area contributed by atoms with E-state index in [9.17, 15) is 10.1 Å². The summed E-state index contributed by atoms with van der Waals surface area (Å²) in [6, 6.07) is 9.55. The molecule has 0 bridgehead atoms. The second kappa shape index (κ2) is 7.80. The second-order valence-corrected chi connectivity index (χ2v) is 5.39. The maximum atomic E-state index is 10.9. The number of benzene rings is 2. The molecular formula is C15H14ClN3O4S. The van der Waals surface area contributed by atoms with Crippen molar-refractivity contribution in [3.63, 3.8) is 0 Å². The molecule has 126 valence electrons. The van der Waals surface area contributed by atoms with Gasteiger partial charge in [0.2, 0.25) is 0 Å². The molecule has 2 aromatic rings. The van der Waals surface area contributed by atoms with Gasteiger partial charge in [-0.25, -0.2) is 0 Å². The van der Waals surface area contributed by atoms with E-state index in [1.165, 1.54) is 19.2 Å². The third-order valence-corrected chi connectivity index (χ3v) is 3.57. The molecule has 0 unspecified atom stereocenters. The number of hydrogen-bond acceptors (Lipinski definition) is 5. The number of rotatable bonds is 5. The van der Waals surface area contributed by atoms with Crippen LogP contribution in [0.3, 0.4) is 0 Å². The molecule has 0 saturated heterocycles. The van der Waals surface area contributed by atoms with Crippen LogP contribution < -0.4 is 20.1 Å². The number of methoxy groups -OCH3 is 2. The topological polar surface area (TPSA) is 85.7 Å². The monoisotopic (exact) mass is 367 g/mol. The zero-order chi connectivity index (χ0) is 17.7. The smallest absolute Gasteiger partial charge is 0.289 e. The number of halogens is 1. The minimum absolute atomic E-state index is 0.0596.